The van der Waals surface area contributed by atoms with E-state index in [0.717, 1.165) is 17.7 Å². The second-order valence-corrected chi connectivity index (χ2v) is 7.72. The van der Waals surface area contributed by atoms with Crippen LogP contribution in [-0.2, 0) is 27.7 Å². The third kappa shape index (κ3) is 3.24. The summed E-state index contributed by atoms with van der Waals surface area (Å²) in [5.41, 5.74) is 1.76. The molecule has 1 aliphatic heterocycles. The van der Waals surface area contributed by atoms with Crippen molar-refractivity contribution in [2.75, 3.05) is 19.7 Å². The van der Waals surface area contributed by atoms with Crippen molar-refractivity contribution in [2.45, 2.75) is 37.8 Å². The van der Waals surface area contributed by atoms with E-state index in [1.165, 1.54) is 4.31 Å². The van der Waals surface area contributed by atoms with Crippen molar-refractivity contribution in [1.82, 2.24) is 14.1 Å². The second-order valence-electron chi connectivity index (χ2n) is 5.81. The number of hydrogen-bond donors (Lipinski definition) is 0. The van der Waals surface area contributed by atoms with Gasteiger partial charge in [-0.25, -0.2) is 8.42 Å². The Hall–Kier alpha value is -1.70. The van der Waals surface area contributed by atoms with Crippen molar-refractivity contribution in [3.8, 4) is 0 Å². The molecule has 0 radical (unpaired) electrons. The number of sulfonamides is 1. The number of aromatic nitrogens is 2. The standard InChI is InChI=1S/C17H23N3O3S/c1-3-14-7-5-6-8-17(14)24(21,22)20-9-10-23-16(13-20)15-11-18-19(4-2)12-15/h5-8,11-12,16H,3-4,9-10,13H2,1-2H3/t16-/m0/s1. The largest absolute Gasteiger partial charge is 0.371 e. The highest BCUT2D eigenvalue weighted by molar-refractivity contribution is 7.89. The van der Waals surface area contributed by atoms with Gasteiger partial charge < -0.3 is 4.74 Å². The van der Waals surface area contributed by atoms with Gasteiger partial charge in [0, 0.05) is 31.4 Å². The monoisotopic (exact) mass is 349 g/mol. The lowest BCUT2D eigenvalue weighted by Crippen LogP contribution is -2.42. The second kappa shape index (κ2) is 7.04. The fraction of sp³-hybridized carbons (Fsp3) is 0.471. The van der Waals surface area contributed by atoms with Gasteiger partial charge in [0.15, 0.2) is 0 Å². The summed E-state index contributed by atoms with van der Waals surface area (Å²) in [5.74, 6) is 0. The van der Waals surface area contributed by atoms with E-state index in [2.05, 4.69) is 5.10 Å². The van der Waals surface area contributed by atoms with Gasteiger partial charge in [0.25, 0.3) is 0 Å². The topological polar surface area (TPSA) is 64.4 Å². The van der Waals surface area contributed by atoms with Gasteiger partial charge >= 0.3 is 0 Å². The van der Waals surface area contributed by atoms with Crippen molar-refractivity contribution in [1.29, 1.82) is 0 Å². The SMILES string of the molecule is CCc1ccccc1S(=O)(=O)N1CCO[C@H](c2cnn(CC)c2)C1. The summed E-state index contributed by atoms with van der Waals surface area (Å²) in [6, 6.07) is 7.21. The van der Waals surface area contributed by atoms with Crippen LogP contribution in [0.4, 0.5) is 0 Å². The number of aryl methyl sites for hydroxylation is 2. The molecule has 1 aromatic carbocycles. The first-order chi connectivity index (χ1) is 11.6. The maximum Gasteiger partial charge on any atom is 0.243 e. The third-order valence-electron chi connectivity index (χ3n) is 4.35. The number of ether oxygens (including phenoxy) is 1. The molecule has 0 bridgehead atoms. The molecule has 0 aliphatic carbocycles. The smallest absolute Gasteiger partial charge is 0.243 e. The number of nitrogens with zero attached hydrogens (tertiary/aromatic N) is 3. The molecule has 0 saturated carbocycles. The van der Waals surface area contributed by atoms with E-state index in [0.29, 0.717) is 31.0 Å². The molecule has 1 atom stereocenters. The molecule has 1 aromatic heterocycles. The van der Waals surface area contributed by atoms with Crippen LogP contribution in [0.3, 0.4) is 0 Å². The lowest BCUT2D eigenvalue weighted by Gasteiger charge is -2.32. The van der Waals surface area contributed by atoms with E-state index < -0.39 is 10.0 Å². The van der Waals surface area contributed by atoms with Crippen molar-refractivity contribution in [3.05, 3.63) is 47.8 Å². The van der Waals surface area contributed by atoms with Gasteiger partial charge in [0.1, 0.15) is 0 Å². The zero-order chi connectivity index (χ0) is 17.2. The first-order valence-corrected chi connectivity index (χ1v) is 9.72. The Kier molecular flexibility index (Phi) is 5.03. The van der Waals surface area contributed by atoms with E-state index in [-0.39, 0.29) is 6.10 Å². The molecule has 1 aliphatic rings. The van der Waals surface area contributed by atoms with Crippen LogP contribution in [0.15, 0.2) is 41.6 Å². The van der Waals surface area contributed by atoms with E-state index in [1.807, 2.05) is 36.9 Å². The predicted octanol–water partition coefficient (Wildman–Crippen LogP) is 2.23. The van der Waals surface area contributed by atoms with Gasteiger partial charge in [0.2, 0.25) is 10.0 Å². The van der Waals surface area contributed by atoms with Gasteiger partial charge in [-0.2, -0.15) is 9.40 Å². The average molecular weight is 349 g/mol. The molecule has 24 heavy (non-hydrogen) atoms. The minimum Gasteiger partial charge on any atom is -0.371 e. The maximum atomic E-state index is 13.1. The number of morpholine rings is 1. The molecule has 1 fully saturated rings. The zero-order valence-electron chi connectivity index (χ0n) is 14.1. The van der Waals surface area contributed by atoms with Crippen molar-refractivity contribution in [3.63, 3.8) is 0 Å². The molecule has 0 N–H and O–H groups in total. The summed E-state index contributed by atoms with van der Waals surface area (Å²) in [6.07, 6.45) is 4.08. The number of benzene rings is 1. The van der Waals surface area contributed by atoms with Crippen LogP contribution in [0, 0.1) is 0 Å². The lowest BCUT2D eigenvalue weighted by molar-refractivity contribution is -0.00261. The fourth-order valence-electron chi connectivity index (χ4n) is 2.95. The number of hydrogen-bond acceptors (Lipinski definition) is 4. The Labute approximate surface area is 143 Å². The van der Waals surface area contributed by atoms with Crippen LogP contribution in [0.5, 0.6) is 0 Å². The minimum absolute atomic E-state index is 0.275. The van der Waals surface area contributed by atoms with E-state index in [4.69, 9.17) is 4.74 Å². The zero-order valence-corrected chi connectivity index (χ0v) is 14.9. The van der Waals surface area contributed by atoms with Crippen molar-refractivity contribution >= 4 is 10.0 Å². The van der Waals surface area contributed by atoms with Crippen molar-refractivity contribution < 1.29 is 13.2 Å². The highest BCUT2D eigenvalue weighted by Crippen LogP contribution is 2.27. The van der Waals surface area contributed by atoms with Crippen LogP contribution in [-0.4, -0.2) is 42.2 Å². The maximum absolute atomic E-state index is 13.1. The summed E-state index contributed by atoms with van der Waals surface area (Å²) in [6.45, 7) is 5.83. The lowest BCUT2D eigenvalue weighted by atomic mass is 10.2. The first-order valence-electron chi connectivity index (χ1n) is 8.28. The summed E-state index contributed by atoms with van der Waals surface area (Å²) >= 11 is 0. The molecule has 6 nitrogen and oxygen atoms in total. The van der Waals surface area contributed by atoms with Gasteiger partial charge in [-0.3, -0.25) is 4.68 Å². The van der Waals surface area contributed by atoms with Gasteiger partial charge in [-0.05, 0) is 25.0 Å². The molecule has 1 saturated heterocycles. The van der Waals surface area contributed by atoms with Crippen LogP contribution in [0.2, 0.25) is 0 Å². The van der Waals surface area contributed by atoms with Crippen LogP contribution < -0.4 is 0 Å². The molecule has 3 rings (SSSR count). The molecule has 7 heteroatoms. The Morgan fingerprint density at radius 3 is 2.79 bits per heavy atom. The summed E-state index contributed by atoms with van der Waals surface area (Å²) in [5, 5.41) is 4.25. The summed E-state index contributed by atoms with van der Waals surface area (Å²) < 4.78 is 35.2. The average Bonchev–Trinajstić information content (AvgIpc) is 3.11. The Morgan fingerprint density at radius 2 is 2.08 bits per heavy atom. The molecule has 130 valence electrons. The molecule has 2 heterocycles. The van der Waals surface area contributed by atoms with E-state index >= 15 is 0 Å². The minimum atomic E-state index is -3.52. The van der Waals surface area contributed by atoms with Crippen molar-refractivity contribution in [2.24, 2.45) is 0 Å². The Morgan fingerprint density at radius 1 is 1.29 bits per heavy atom. The molecule has 0 unspecified atom stereocenters. The normalized spacial score (nSPS) is 19.5. The number of rotatable bonds is 5. The van der Waals surface area contributed by atoms with Crippen LogP contribution in [0.1, 0.15) is 31.1 Å². The van der Waals surface area contributed by atoms with Gasteiger partial charge in [-0.15, -0.1) is 0 Å². The predicted molar refractivity (Wildman–Crippen MR) is 91.2 cm³/mol. The highest BCUT2D eigenvalue weighted by atomic mass is 32.2. The quantitative estimate of drug-likeness (QED) is 0.830. The fourth-order valence-corrected chi connectivity index (χ4v) is 4.67. The van der Waals surface area contributed by atoms with Crippen LogP contribution in [0.25, 0.3) is 0 Å². The molecule has 0 amide bonds. The highest BCUT2D eigenvalue weighted by Gasteiger charge is 2.32. The first kappa shape index (κ1) is 17.1. The Balaban J connectivity index is 1.85. The summed E-state index contributed by atoms with van der Waals surface area (Å²) in [7, 11) is -3.52. The molecular weight excluding hydrogens is 326 g/mol. The van der Waals surface area contributed by atoms with Crippen LogP contribution >= 0.6 is 0 Å². The summed E-state index contributed by atoms with van der Waals surface area (Å²) in [4.78, 5) is 0.400. The van der Waals surface area contributed by atoms with Gasteiger partial charge in [-0.1, -0.05) is 25.1 Å². The molecule has 0 spiro atoms. The Bertz CT molecular complexity index is 801. The third-order valence-corrected chi connectivity index (χ3v) is 6.32. The van der Waals surface area contributed by atoms with E-state index in [9.17, 15) is 8.42 Å². The molecule has 2 aromatic rings. The van der Waals surface area contributed by atoms with E-state index in [1.54, 1.807) is 18.3 Å². The van der Waals surface area contributed by atoms with Gasteiger partial charge in [0.05, 0.1) is 23.8 Å². The molecular formula is C17H23N3O3S.